The zero-order valence-corrected chi connectivity index (χ0v) is 20.8. The summed E-state index contributed by atoms with van der Waals surface area (Å²) in [7, 11) is 1.58. The zero-order valence-electron chi connectivity index (χ0n) is 20.8. The van der Waals surface area contributed by atoms with Crippen molar-refractivity contribution in [3.05, 3.63) is 83.9 Å². The minimum absolute atomic E-state index is 0.147. The number of carbonyl (C=O) groups excluding carboxylic acids is 3. The summed E-state index contributed by atoms with van der Waals surface area (Å²) in [4.78, 5) is 38.2. The molecule has 0 aliphatic heterocycles. The second-order valence-corrected chi connectivity index (χ2v) is 8.40. The fourth-order valence-electron chi connectivity index (χ4n) is 3.43. The van der Waals surface area contributed by atoms with Crippen LogP contribution in [0.4, 0.5) is 11.4 Å². The maximum Gasteiger partial charge on any atom is 0.255 e. The second kappa shape index (κ2) is 12.4. The average Bonchev–Trinajstić information content (AvgIpc) is 2.88. The average molecular weight is 490 g/mol. The van der Waals surface area contributed by atoms with Crippen molar-refractivity contribution in [3.63, 3.8) is 0 Å². The maximum atomic E-state index is 12.9. The van der Waals surface area contributed by atoms with Gasteiger partial charge in [-0.25, -0.2) is 0 Å². The normalized spacial score (nSPS) is 11.4. The minimum atomic E-state index is -0.748. The molecule has 1 atom stereocenters. The van der Waals surface area contributed by atoms with Gasteiger partial charge in [-0.15, -0.1) is 0 Å². The Morgan fingerprint density at radius 3 is 1.78 bits per heavy atom. The number of hydrogen-bond donors (Lipinski definition) is 3. The third-order valence-corrected chi connectivity index (χ3v) is 5.43. The van der Waals surface area contributed by atoms with Gasteiger partial charge in [0, 0.05) is 22.5 Å². The number of anilines is 2. The van der Waals surface area contributed by atoms with Crippen LogP contribution in [0.2, 0.25) is 0 Å². The molecule has 3 aromatic carbocycles. The molecule has 3 aromatic rings. The van der Waals surface area contributed by atoms with E-state index in [1.807, 2.05) is 20.8 Å². The van der Waals surface area contributed by atoms with Crippen molar-refractivity contribution in [2.24, 2.45) is 5.92 Å². The zero-order chi connectivity index (χ0) is 26.1. The molecule has 3 N–H and O–H groups in total. The maximum absolute atomic E-state index is 12.9. The van der Waals surface area contributed by atoms with Crippen LogP contribution in [-0.2, 0) is 4.79 Å². The van der Waals surface area contributed by atoms with Gasteiger partial charge in [-0.2, -0.15) is 0 Å². The molecule has 0 fully saturated rings. The van der Waals surface area contributed by atoms with Crippen LogP contribution in [0.1, 0.15) is 41.5 Å². The third kappa shape index (κ3) is 7.09. The molecule has 36 heavy (non-hydrogen) atoms. The van der Waals surface area contributed by atoms with E-state index in [-0.39, 0.29) is 23.6 Å². The predicted octanol–water partition coefficient (Wildman–Crippen LogP) is 4.74. The molecule has 1 unspecified atom stereocenters. The smallest absolute Gasteiger partial charge is 0.255 e. The highest BCUT2D eigenvalue weighted by molar-refractivity contribution is 6.05. The summed E-state index contributed by atoms with van der Waals surface area (Å²) >= 11 is 0. The molecule has 0 radical (unpaired) electrons. The minimum Gasteiger partial charge on any atom is -0.497 e. The Labute approximate surface area is 211 Å². The first kappa shape index (κ1) is 26.3. The summed E-state index contributed by atoms with van der Waals surface area (Å²) < 4.78 is 10.5. The lowest BCUT2D eigenvalue weighted by molar-refractivity contribution is -0.118. The molecule has 0 aliphatic rings. The molecular formula is C28H31N3O5. The summed E-state index contributed by atoms with van der Waals surface area (Å²) in [5.41, 5.74) is 2.03. The molecule has 0 heterocycles. The number of methoxy groups -OCH3 is 1. The monoisotopic (exact) mass is 489 g/mol. The highest BCUT2D eigenvalue weighted by atomic mass is 16.5. The number of rotatable bonds is 10. The molecular weight excluding hydrogens is 458 g/mol. The van der Waals surface area contributed by atoms with Crippen molar-refractivity contribution in [3.8, 4) is 11.5 Å². The number of amides is 3. The third-order valence-electron chi connectivity index (χ3n) is 5.43. The molecule has 8 nitrogen and oxygen atoms in total. The van der Waals surface area contributed by atoms with E-state index in [2.05, 4.69) is 16.0 Å². The molecule has 0 bridgehead atoms. The van der Waals surface area contributed by atoms with Gasteiger partial charge in [0.1, 0.15) is 17.5 Å². The van der Waals surface area contributed by atoms with E-state index in [4.69, 9.17) is 9.47 Å². The molecule has 0 saturated heterocycles. The largest absolute Gasteiger partial charge is 0.497 e. The summed E-state index contributed by atoms with van der Waals surface area (Å²) in [6, 6.07) is 19.6. The van der Waals surface area contributed by atoms with Gasteiger partial charge in [0.25, 0.3) is 11.8 Å². The summed E-state index contributed by atoms with van der Waals surface area (Å²) in [5, 5.41) is 8.43. The SMILES string of the molecule is CCOc1ccc(C(=O)NC(C(=O)Nc2ccc(C(=O)Nc3ccc(OC)cc3)cc2)C(C)C)cc1. The van der Waals surface area contributed by atoms with Crippen LogP contribution in [0, 0.1) is 5.92 Å². The topological polar surface area (TPSA) is 106 Å². The van der Waals surface area contributed by atoms with Crippen LogP contribution in [-0.4, -0.2) is 37.5 Å². The molecule has 0 aromatic heterocycles. The molecule has 0 aliphatic carbocycles. The van der Waals surface area contributed by atoms with Crippen LogP contribution in [0.15, 0.2) is 72.8 Å². The van der Waals surface area contributed by atoms with Crippen molar-refractivity contribution in [1.82, 2.24) is 5.32 Å². The van der Waals surface area contributed by atoms with E-state index in [9.17, 15) is 14.4 Å². The molecule has 3 rings (SSSR count). The van der Waals surface area contributed by atoms with Gasteiger partial charge in [0.05, 0.1) is 13.7 Å². The van der Waals surface area contributed by atoms with E-state index >= 15 is 0 Å². The van der Waals surface area contributed by atoms with Crippen LogP contribution in [0.3, 0.4) is 0 Å². The number of hydrogen-bond acceptors (Lipinski definition) is 5. The Kier molecular flexibility index (Phi) is 9.05. The summed E-state index contributed by atoms with van der Waals surface area (Å²) in [6.07, 6.45) is 0. The van der Waals surface area contributed by atoms with Gasteiger partial charge < -0.3 is 25.4 Å². The number of benzene rings is 3. The lowest BCUT2D eigenvalue weighted by Crippen LogP contribution is -2.47. The van der Waals surface area contributed by atoms with Crippen LogP contribution >= 0.6 is 0 Å². The highest BCUT2D eigenvalue weighted by Crippen LogP contribution is 2.18. The van der Waals surface area contributed by atoms with Gasteiger partial charge >= 0.3 is 0 Å². The standard InChI is InChI=1S/C28H31N3O5/c1-5-36-24-14-8-20(9-15-24)27(33)31-25(18(2)3)28(34)30-21-10-6-19(7-11-21)26(32)29-22-12-16-23(35-4)17-13-22/h6-18,25H,5H2,1-4H3,(H,29,32)(H,30,34)(H,31,33). The lowest BCUT2D eigenvalue weighted by atomic mass is 10.0. The second-order valence-electron chi connectivity index (χ2n) is 8.40. The van der Waals surface area contributed by atoms with Gasteiger partial charge in [0.2, 0.25) is 5.91 Å². The predicted molar refractivity (Wildman–Crippen MR) is 140 cm³/mol. The van der Waals surface area contributed by atoms with Crippen LogP contribution in [0.25, 0.3) is 0 Å². The summed E-state index contributed by atoms with van der Waals surface area (Å²) in [6.45, 7) is 6.14. The fourth-order valence-corrected chi connectivity index (χ4v) is 3.43. The van der Waals surface area contributed by atoms with Gasteiger partial charge in [-0.05, 0) is 85.6 Å². The van der Waals surface area contributed by atoms with Crippen molar-refractivity contribution < 1.29 is 23.9 Å². The first-order chi connectivity index (χ1) is 17.3. The van der Waals surface area contributed by atoms with Crippen molar-refractivity contribution in [2.75, 3.05) is 24.4 Å². The first-order valence-electron chi connectivity index (χ1n) is 11.7. The number of carbonyl (C=O) groups is 3. The molecule has 8 heteroatoms. The molecule has 0 saturated carbocycles. The van der Waals surface area contributed by atoms with E-state index in [0.29, 0.717) is 40.6 Å². The fraction of sp³-hybridized carbons (Fsp3) is 0.250. The Hall–Kier alpha value is -4.33. The highest BCUT2D eigenvalue weighted by Gasteiger charge is 2.25. The Balaban J connectivity index is 1.60. The van der Waals surface area contributed by atoms with Gasteiger partial charge in [0.15, 0.2) is 0 Å². The van der Waals surface area contributed by atoms with Crippen molar-refractivity contribution in [2.45, 2.75) is 26.8 Å². The van der Waals surface area contributed by atoms with Crippen molar-refractivity contribution in [1.29, 1.82) is 0 Å². The van der Waals surface area contributed by atoms with Gasteiger partial charge in [-0.1, -0.05) is 13.8 Å². The van der Waals surface area contributed by atoms with E-state index < -0.39 is 6.04 Å². The van der Waals surface area contributed by atoms with E-state index in [0.717, 1.165) is 0 Å². The molecule has 188 valence electrons. The first-order valence-corrected chi connectivity index (χ1v) is 11.7. The Bertz CT molecular complexity index is 1170. The number of ether oxygens (including phenoxy) is 2. The van der Waals surface area contributed by atoms with Crippen LogP contribution < -0.4 is 25.4 Å². The van der Waals surface area contributed by atoms with Gasteiger partial charge in [-0.3, -0.25) is 14.4 Å². The molecule has 0 spiro atoms. The number of nitrogens with one attached hydrogen (secondary N) is 3. The van der Waals surface area contributed by atoms with E-state index in [1.165, 1.54) is 0 Å². The lowest BCUT2D eigenvalue weighted by Gasteiger charge is -2.22. The van der Waals surface area contributed by atoms with Crippen molar-refractivity contribution >= 4 is 29.1 Å². The Morgan fingerprint density at radius 1 is 0.722 bits per heavy atom. The van der Waals surface area contributed by atoms with Crippen LogP contribution in [0.5, 0.6) is 11.5 Å². The quantitative estimate of drug-likeness (QED) is 0.382. The molecule has 3 amide bonds. The Morgan fingerprint density at radius 2 is 1.22 bits per heavy atom. The summed E-state index contributed by atoms with van der Waals surface area (Å²) in [5.74, 6) is 0.251. The van der Waals surface area contributed by atoms with E-state index in [1.54, 1.807) is 79.9 Å².